The van der Waals surface area contributed by atoms with Gasteiger partial charge in [0, 0.05) is 31.8 Å². The molecule has 25 heavy (non-hydrogen) atoms. The number of benzene rings is 1. The Balaban J connectivity index is 1.62. The van der Waals surface area contributed by atoms with Crippen molar-refractivity contribution in [2.24, 2.45) is 0 Å². The minimum atomic E-state index is 0.196. The van der Waals surface area contributed by atoms with E-state index in [9.17, 15) is 4.79 Å². The van der Waals surface area contributed by atoms with Crippen LogP contribution in [0.25, 0.3) is 11.4 Å². The standard InChI is InChI=1S/C20H24N4O/c1-15(25)23-13-5-9-17(23)18-10-6-14-24(18)19-11-12-21-20(22-19)16-7-3-2-4-8-16/h2-4,7-8,11-12,17-18H,5-6,9-10,13-14H2,1H3/t17-,18+/m0/s1. The smallest absolute Gasteiger partial charge is 0.219 e. The molecule has 2 aliphatic rings. The van der Waals surface area contributed by atoms with Crippen LogP contribution in [0.1, 0.15) is 32.6 Å². The van der Waals surface area contributed by atoms with Crippen LogP contribution in [0, 0.1) is 0 Å². The molecule has 5 nitrogen and oxygen atoms in total. The van der Waals surface area contributed by atoms with Crippen LogP contribution in [0.5, 0.6) is 0 Å². The number of likely N-dealkylation sites (tertiary alicyclic amines) is 1. The first-order valence-electron chi connectivity index (χ1n) is 9.16. The molecule has 3 heterocycles. The van der Waals surface area contributed by atoms with E-state index in [1.54, 1.807) is 6.92 Å². The maximum absolute atomic E-state index is 12.0. The Labute approximate surface area is 148 Å². The van der Waals surface area contributed by atoms with Crippen LogP contribution in [0.2, 0.25) is 0 Å². The maximum Gasteiger partial charge on any atom is 0.219 e. The van der Waals surface area contributed by atoms with Crippen LogP contribution in [0.3, 0.4) is 0 Å². The summed E-state index contributed by atoms with van der Waals surface area (Å²) < 4.78 is 0. The molecular formula is C20H24N4O. The predicted octanol–water partition coefficient (Wildman–Crippen LogP) is 3.12. The van der Waals surface area contributed by atoms with E-state index in [0.717, 1.165) is 56.0 Å². The number of aromatic nitrogens is 2. The zero-order chi connectivity index (χ0) is 17.2. The van der Waals surface area contributed by atoms with E-state index in [0.29, 0.717) is 12.1 Å². The first kappa shape index (κ1) is 16.1. The largest absolute Gasteiger partial charge is 0.351 e. The lowest BCUT2D eigenvalue weighted by Gasteiger charge is -2.35. The van der Waals surface area contributed by atoms with Gasteiger partial charge in [0.1, 0.15) is 5.82 Å². The molecule has 2 atom stereocenters. The van der Waals surface area contributed by atoms with Gasteiger partial charge < -0.3 is 9.80 Å². The highest BCUT2D eigenvalue weighted by molar-refractivity contribution is 5.74. The quantitative estimate of drug-likeness (QED) is 0.864. The van der Waals surface area contributed by atoms with E-state index in [-0.39, 0.29) is 5.91 Å². The van der Waals surface area contributed by atoms with Gasteiger partial charge in [-0.25, -0.2) is 9.97 Å². The molecule has 0 N–H and O–H groups in total. The molecular weight excluding hydrogens is 312 g/mol. The van der Waals surface area contributed by atoms with Gasteiger partial charge in [-0.05, 0) is 31.7 Å². The summed E-state index contributed by atoms with van der Waals surface area (Å²) in [6.07, 6.45) is 6.32. The number of hydrogen-bond acceptors (Lipinski definition) is 4. The maximum atomic E-state index is 12.0. The van der Waals surface area contributed by atoms with Crippen LogP contribution in [-0.4, -0.2) is 45.9 Å². The minimum absolute atomic E-state index is 0.196. The van der Waals surface area contributed by atoms with Crippen molar-refractivity contribution in [2.75, 3.05) is 18.0 Å². The van der Waals surface area contributed by atoms with Crippen LogP contribution in [0.4, 0.5) is 5.82 Å². The van der Waals surface area contributed by atoms with Gasteiger partial charge in [0.05, 0.1) is 12.1 Å². The molecule has 130 valence electrons. The summed E-state index contributed by atoms with van der Waals surface area (Å²) >= 11 is 0. The fourth-order valence-electron chi connectivity index (χ4n) is 4.30. The topological polar surface area (TPSA) is 49.3 Å². The molecule has 1 aromatic carbocycles. The van der Waals surface area contributed by atoms with Crippen molar-refractivity contribution in [3.8, 4) is 11.4 Å². The average Bonchev–Trinajstić information content (AvgIpc) is 3.31. The Morgan fingerprint density at radius 2 is 1.80 bits per heavy atom. The van der Waals surface area contributed by atoms with E-state index in [1.807, 2.05) is 42.6 Å². The number of rotatable bonds is 3. The Bertz CT molecular complexity index is 748. The lowest BCUT2D eigenvalue weighted by atomic mass is 10.0. The van der Waals surface area contributed by atoms with Gasteiger partial charge in [-0.2, -0.15) is 0 Å². The third kappa shape index (κ3) is 3.11. The Hall–Kier alpha value is -2.43. The molecule has 0 unspecified atom stereocenters. The Kier molecular flexibility index (Phi) is 4.38. The Morgan fingerprint density at radius 3 is 2.60 bits per heavy atom. The van der Waals surface area contributed by atoms with Gasteiger partial charge in [-0.1, -0.05) is 30.3 Å². The van der Waals surface area contributed by atoms with Crippen molar-refractivity contribution >= 4 is 11.7 Å². The van der Waals surface area contributed by atoms with Crippen LogP contribution < -0.4 is 4.90 Å². The highest BCUT2D eigenvalue weighted by Crippen LogP contribution is 2.33. The number of carbonyl (C=O) groups is 1. The normalized spacial score (nSPS) is 23.2. The van der Waals surface area contributed by atoms with E-state index in [4.69, 9.17) is 4.98 Å². The van der Waals surface area contributed by atoms with Crippen LogP contribution in [-0.2, 0) is 4.79 Å². The summed E-state index contributed by atoms with van der Waals surface area (Å²) in [6.45, 7) is 3.58. The SMILES string of the molecule is CC(=O)N1CCC[C@H]1[C@H]1CCCN1c1ccnc(-c2ccccc2)n1. The summed E-state index contributed by atoms with van der Waals surface area (Å²) in [5.74, 6) is 1.94. The molecule has 2 aromatic rings. The number of carbonyl (C=O) groups excluding carboxylic acids is 1. The zero-order valence-corrected chi connectivity index (χ0v) is 14.6. The first-order chi connectivity index (χ1) is 12.2. The predicted molar refractivity (Wildman–Crippen MR) is 98.2 cm³/mol. The van der Waals surface area contributed by atoms with Crippen molar-refractivity contribution in [3.05, 3.63) is 42.6 Å². The van der Waals surface area contributed by atoms with Gasteiger partial charge in [-0.15, -0.1) is 0 Å². The van der Waals surface area contributed by atoms with Crippen molar-refractivity contribution < 1.29 is 4.79 Å². The van der Waals surface area contributed by atoms with Gasteiger partial charge in [0.15, 0.2) is 5.82 Å². The molecule has 2 fully saturated rings. The average molecular weight is 336 g/mol. The summed E-state index contributed by atoms with van der Waals surface area (Å²) in [4.78, 5) is 25.7. The summed E-state index contributed by atoms with van der Waals surface area (Å²) in [7, 11) is 0. The van der Waals surface area contributed by atoms with Crippen molar-refractivity contribution in [1.82, 2.24) is 14.9 Å². The molecule has 2 aliphatic heterocycles. The second-order valence-corrected chi connectivity index (χ2v) is 6.93. The van der Waals surface area contributed by atoms with E-state index < -0.39 is 0 Å². The highest BCUT2D eigenvalue weighted by Gasteiger charge is 2.39. The number of amides is 1. The van der Waals surface area contributed by atoms with Crippen LogP contribution in [0.15, 0.2) is 42.6 Å². The molecule has 0 bridgehead atoms. The molecule has 5 heteroatoms. The third-order valence-corrected chi connectivity index (χ3v) is 5.41. The molecule has 1 amide bonds. The van der Waals surface area contributed by atoms with E-state index >= 15 is 0 Å². The lowest BCUT2D eigenvalue weighted by molar-refractivity contribution is -0.129. The monoisotopic (exact) mass is 336 g/mol. The third-order valence-electron chi connectivity index (χ3n) is 5.41. The van der Waals surface area contributed by atoms with E-state index in [2.05, 4.69) is 14.8 Å². The Morgan fingerprint density at radius 1 is 1.04 bits per heavy atom. The van der Waals surface area contributed by atoms with E-state index in [1.165, 1.54) is 0 Å². The molecule has 0 spiro atoms. The zero-order valence-electron chi connectivity index (χ0n) is 14.6. The molecule has 2 saturated heterocycles. The first-order valence-corrected chi connectivity index (χ1v) is 9.16. The number of nitrogens with zero attached hydrogens (tertiary/aromatic N) is 4. The summed E-state index contributed by atoms with van der Waals surface area (Å²) in [6, 6.07) is 12.8. The summed E-state index contributed by atoms with van der Waals surface area (Å²) in [5.41, 5.74) is 1.03. The molecule has 1 aromatic heterocycles. The minimum Gasteiger partial charge on any atom is -0.351 e. The van der Waals surface area contributed by atoms with Crippen LogP contribution >= 0.6 is 0 Å². The fraction of sp³-hybridized carbons (Fsp3) is 0.450. The van der Waals surface area contributed by atoms with Gasteiger partial charge in [-0.3, -0.25) is 4.79 Å². The fourth-order valence-corrected chi connectivity index (χ4v) is 4.30. The highest BCUT2D eigenvalue weighted by atomic mass is 16.2. The van der Waals surface area contributed by atoms with Crippen molar-refractivity contribution in [3.63, 3.8) is 0 Å². The molecule has 4 rings (SSSR count). The lowest BCUT2D eigenvalue weighted by Crippen LogP contribution is -2.48. The molecule has 0 aliphatic carbocycles. The molecule has 0 radical (unpaired) electrons. The van der Waals surface area contributed by atoms with Crippen molar-refractivity contribution in [2.45, 2.75) is 44.7 Å². The van der Waals surface area contributed by atoms with Gasteiger partial charge in [0.2, 0.25) is 5.91 Å². The van der Waals surface area contributed by atoms with Crippen molar-refractivity contribution in [1.29, 1.82) is 0 Å². The second-order valence-electron chi connectivity index (χ2n) is 6.93. The van der Waals surface area contributed by atoms with Gasteiger partial charge in [0.25, 0.3) is 0 Å². The molecule has 0 saturated carbocycles. The second kappa shape index (κ2) is 6.82. The number of anilines is 1. The summed E-state index contributed by atoms with van der Waals surface area (Å²) in [5, 5.41) is 0. The van der Waals surface area contributed by atoms with Gasteiger partial charge >= 0.3 is 0 Å². The number of hydrogen-bond donors (Lipinski definition) is 0.